The molecule has 9 heteroatoms. The predicted molar refractivity (Wildman–Crippen MR) is 95.9 cm³/mol. The maximum Gasteiger partial charge on any atom is 0.342 e. The largest absolute Gasteiger partial charge is 0.464 e. The van der Waals surface area contributed by atoms with E-state index in [4.69, 9.17) is 14.3 Å². The molecule has 1 aromatic rings. The van der Waals surface area contributed by atoms with Crippen molar-refractivity contribution < 1.29 is 24.0 Å². The molecule has 2 heterocycles. The highest BCUT2D eigenvalue weighted by Gasteiger charge is 2.53. The molecule has 0 aromatic heterocycles. The molecule has 3 rings (SSSR count). The average Bonchev–Trinajstić information content (AvgIpc) is 3.00. The number of rotatable bonds is 6. The zero-order chi connectivity index (χ0) is 19.4. The number of nitro benzene ring substituents is 1. The van der Waals surface area contributed by atoms with Gasteiger partial charge in [0.2, 0.25) is 5.60 Å². The summed E-state index contributed by atoms with van der Waals surface area (Å²) in [5.41, 5.74) is -0.654. The van der Waals surface area contributed by atoms with Gasteiger partial charge in [-0.05, 0) is 6.92 Å². The van der Waals surface area contributed by atoms with Crippen LogP contribution in [0, 0.1) is 10.1 Å². The lowest BCUT2D eigenvalue weighted by Gasteiger charge is -2.34. The average molecular weight is 379 g/mol. The molecule has 9 nitrogen and oxygen atoms in total. The lowest BCUT2D eigenvalue weighted by molar-refractivity contribution is -0.386. The topological polar surface area (TPSA) is 94.4 Å². The summed E-state index contributed by atoms with van der Waals surface area (Å²) >= 11 is 0. The van der Waals surface area contributed by atoms with Crippen molar-refractivity contribution in [1.29, 1.82) is 0 Å². The molecule has 2 aliphatic rings. The van der Waals surface area contributed by atoms with Gasteiger partial charge in [0, 0.05) is 44.7 Å². The van der Waals surface area contributed by atoms with Crippen LogP contribution in [0.1, 0.15) is 24.9 Å². The predicted octanol–water partition coefficient (Wildman–Crippen LogP) is 1.54. The molecule has 148 valence electrons. The molecule has 0 aliphatic carbocycles. The Labute approximate surface area is 157 Å². The molecule has 0 bridgehead atoms. The summed E-state index contributed by atoms with van der Waals surface area (Å²) in [6.45, 7) is 4.95. The van der Waals surface area contributed by atoms with Crippen molar-refractivity contribution in [1.82, 2.24) is 9.96 Å². The zero-order valence-electron chi connectivity index (χ0n) is 15.6. The summed E-state index contributed by atoms with van der Waals surface area (Å²) < 4.78 is 10.7. The lowest BCUT2D eigenvalue weighted by Crippen LogP contribution is -2.52. The molecule has 2 saturated heterocycles. The van der Waals surface area contributed by atoms with Crippen molar-refractivity contribution in [3.8, 4) is 0 Å². The standard InChI is InChI=1S/C18H25N3O6/c1-3-26-17(22)18(13-20-8-10-25-11-9-20)12-16(19(2)27-18)14-6-4-5-7-15(14)21(23)24/h4-7,16H,3,8-13H2,1-2H3. The summed E-state index contributed by atoms with van der Waals surface area (Å²) in [6.07, 6.45) is 0.282. The van der Waals surface area contributed by atoms with Gasteiger partial charge >= 0.3 is 5.97 Å². The Balaban J connectivity index is 1.89. The molecule has 0 saturated carbocycles. The first kappa shape index (κ1) is 19.7. The number of morpholine rings is 1. The van der Waals surface area contributed by atoms with Gasteiger partial charge < -0.3 is 9.47 Å². The van der Waals surface area contributed by atoms with E-state index >= 15 is 0 Å². The molecule has 2 aliphatic heterocycles. The van der Waals surface area contributed by atoms with Gasteiger partial charge in [-0.25, -0.2) is 4.79 Å². The Kier molecular flexibility index (Phi) is 6.05. The van der Waals surface area contributed by atoms with E-state index < -0.39 is 22.5 Å². The Morgan fingerprint density at radius 3 is 2.74 bits per heavy atom. The molecule has 2 atom stereocenters. The molecule has 2 unspecified atom stereocenters. The van der Waals surface area contributed by atoms with Crippen LogP contribution in [-0.4, -0.2) is 73.0 Å². The highest BCUT2D eigenvalue weighted by molar-refractivity contribution is 5.80. The van der Waals surface area contributed by atoms with Gasteiger partial charge in [-0.2, -0.15) is 5.06 Å². The maximum atomic E-state index is 12.8. The quantitative estimate of drug-likeness (QED) is 0.417. The van der Waals surface area contributed by atoms with E-state index in [0.29, 0.717) is 38.4 Å². The van der Waals surface area contributed by atoms with Crippen LogP contribution >= 0.6 is 0 Å². The van der Waals surface area contributed by atoms with E-state index in [0.717, 1.165) is 0 Å². The summed E-state index contributed by atoms with van der Waals surface area (Å²) in [6, 6.07) is 6.14. The van der Waals surface area contributed by atoms with Crippen molar-refractivity contribution >= 4 is 11.7 Å². The number of ether oxygens (including phenoxy) is 2. The number of para-hydroxylation sites is 1. The molecule has 0 amide bonds. The van der Waals surface area contributed by atoms with Crippen LogP contribution < -0.4 is 0 Å². The molecule has 0 spiro atoms. The van der Waals surface area contributed by atoms with E-state index in [9.17, 15) is 14.9 Å². The second-order valence-corrected chi connectivity index (χ2v) is 6.78. The van der Waals surface area contributed by atoms with Crippen LogP contribution in [-0.2, 0) is 19.1 Å². The minimum absolute atomic E-state index is 0.0176. The molecular weight excluding hydrogens is 354 g/mol. The zero-order valence-corrected chi connectivity index (χ0v) is 15.6. The molecule has 27 heavy (non-hydrogen) atoms. The number of esters is 1. The maximum absolute atomic E-state index is 12.8. The second-order valence-electron chi connectivity index (χ2n) is 6.78. The van der Waals surface area contributed by atoms with Crippen LogP contribution in [0.2, 0.25) is 0 Å². The molecule has 1 aromatic carbocycles. The Morgan fingerprint density at radius 1 is 1.37 bits per heavy atom. The van der Waals surface area contributed by atoms with Gasteiger partial charge in [-0.1, -0.05) is 18.2 Å². The summed E-state index contributed by atoms with van der Waals surface area (Å²) in [5, 5.41) is 13.0. The number of hydrogen-bond donors (Lipinski definition) is 0. The number of hydroxylamine groups is 2. The first-order valence-corrected chi connectivity index (χ1v) is 9.09. The van der Waals surface area contributed by atoms with E-state index in [1.54, 1.807) is 37.2 Å². The van der Waals surface area contributed by atoms with Crippen LogP contribution in [0.3, 0.4) is 0 Å². The van der Waals surface area contributed by atoms with Gasteiger partial charge in [0.25, 0.3) is 5.69 Å². The summed E-state index contributed by atoms with van der Waals surface area (Å²) in [4.78, 5) is 32.0. The van der Waals surface area contributed by atoms with E-state index in [2.05, 4.69) is 4.90 Å². The smallest absolute Gasteiger partial charge is 0.342 e. The van der Waals surface area contributed by atoms with Crippen molar-refractivity contribution in [2.24, 2.45) is 0 Å². The number of carbonyl (C=O) groups excluding carboxylic acids is 1. The number of hydrogen-bond acceptors (Lipinski definition) is 8. The van der Waals surface area contributed by atoms with Crippen LogP contribution in [0.5, 0.6) is 0 Å². The highest BCUT2D eigenvalue weighted by Crippen LogP contribution is 2.43. The molecule has 0 radical (unpaired) electrons. The third-order valence-electron chi connectivity index (χ3n) is 5.00. The van der Waals surface area contributed by atoms with Gasteiger partial charge in [0.1, 0.15) is 0 Å². The Morgan fingerprint density at radius 2 is 2.07 bits per heavy atom. The third kappa shape index (κ3) is 4.11. The van der Waals surface area contributed by atoms with Gasteiger partial charge in [0.05, 0.1) is 30.8 Å². The van der Waals surface area contributed by atoms with Crippen LogP contribution in [0.25, 0.3) is 0 Å². The fraction of sp³-hybridized carbons (Fsp3) is 0.611. The van der Waals surface area contributed by atoms with Crippen molar-refractivity contribution in [3.05, 3.63) is 39.9 Å². The van der Waals surface area contributed by atoms with Crippen molar-refractivity contribution in [2.75, 3.05) is 46.5 Å². The monoisotopic (exact) mass is 379 g/mol. The lowest BCUT2D eigenvalue weighted by atomic mass is 9.91. The number of carbonyl (C=O) groups is 1. The van der Waals surface area contributed by atoms with E-state index in [-0.39, 0.29) is 18.7 Å². The normalized spacial score (nSPS) is 26.8. The van der Waals surface area contributed by atoms with Crippen LogP contribution in [0.4, 0.5) is 5.69 Å². The van der Waals surface area contributed by atoms with E-state index in [1.165, 1.54) is 6.07 Å². The highest BCUT2D eigenvalue weighted by atomic mass is 16.7. The second kappa shape index (κ2) is 8.30. The summed E-state index contributed by atoms with van der Waals surface area (Å²) in [5.74, 6) is -0.440. The number of benzene rings is 1. The minimum Gasteiger partial charge on any atom is -0.464 e. The number of nitrogens with zero attached hydrogens (tertiary/aromatic N) is 3. The fourth-order valence-electron chi connectivity index (χ4n) is 3.72. The van der Waals surface area contributed by atoms with Crippen molar-refractivity contribution in [2.45, 2.75) is 25.0 Å². The third-order valence-corrected chi connectivity index (χ3v) is 5.00. The SMILES string of the molecule is CCOC(=O)C1(CN2CCOCC2)CC(c2ccccc2[N+](=O)[O-])N(C)O1. The first-order chi connectivity index (χ1) is 13.0. The summed E-state index contributed by atoms with van der Waals surface area (Å²) in [7, 11) is 1.70. The number of nitro groups is 1. The van der Waals surface area contributed by atoms with E-state index in [1.807, 2.05) is 0 Å². The minimum atomic E-state index is -1.20. The molecule has 2 fully saturated rings. The first-order valence-electron chi connectivity index (χ1n) is 9.09. The van der Waals surface area contributed by atoms with Crippen LogP contribution in [0.15, 0.2) is 24.3 Å². The van der Waals surface area contributed by atoms with Gasteiger partial charge in [0.15, 0.2) is 0 Å². The molecule has 0 N–H and O–H groups in total. The fourth-order valence-corrected chi connectivity index (χ4v) is 3.72. The Bertz CT molecular complexity index is 693. The molecular formula is C18H25N3O6. The Hall–Kier alpha value is -2.07. The van der Waals surface area contributed by atoms with Gasteiger partial charge in [-0.3, -0.25) is 19.9 Å². The van der Waals surface area contributed by atoms with Gasteiger partial charge in [-0.15, -0.1) is 0 Å². The van der Waals surface area contributed by atoms with Crippen molar-refractivity contribution in [3.63, 3.8) is 0 Å².